The van der Waals surface area contributed by atoms with Crippen LogP contribution in [0.25, 0.3) is 0 Å². The van der Waals surface area contributed by atoms with Gasteiger partial charge in [0.25, 0.3) is 5.69 Å². The maximum absolute atomic E-state index is 10.5. The summed E-state index contributed by atoms with van der Waals surface area (Å²) in [5.74, 6) is 0.840. The number of hydrogen-bond donors (Lipinski definition) is 1. The van der Waals surface area contributed by atoms with E-state index < -0.39 is 4.92 Å². The molecule has 1 N–H and O–H groups in total. The highest BCUT2D eigenvalue weighted by molar-refractivity contribution is 5.44. The van der Waals surface area contributed by atoms with Crippen LogP contribution in [0.3, 0.4) is 0 Å². The molecule has 0 radical (unpaired) electrons. The molecule has 0 aliphatic rings. The Morgan fingerprint density at radius 1 is 1.50 bits per heavy atom. The predicted octanol–water partition coefficient (Wildman–Crippen LogP) is 0.985. The summed E-state index contributed by atoms with van der Waals surface area (Å²) in [6.45, 7) is 0.296. The van der Waals surface area contributed by atoms with Gasteiger partial charge in [-0.2, -0.15) is 4.98 Å². The lowest BCUT2D eigenvalue weighted by Gasteiger charge is -2.01. The zero-order valence-corrected chi connectivity index (χ0v) is 8.03. The Balaban J connectivity index is 2.04. The minimum Gasteiger partial charge on any atom is -0.362 e. The van der Waals surface area contributed by atoms with Gasteiger partial charge < -0.3 is 9.84 Å². The molecule has 0 aliphatic heterocycles. The average Bonchev–Trinajstić information content (AvgIpc) is 2.79. The van der Waals surface area contributed by atoms with Crippen molar-refractivity contribution in [3.05, 3.63) is 40.7 Å². The quantitative estimate of drug-likeness (QED) is 0.605. The molecule has 0 fully saturated rings. The summed E-state index contributed by atoms with van der Waals surface area (Å²) < 4.78 is 4.54. The molecule has 0 bridgehead atoms. The molecular weight excluding hydrogens is 214 g/mol. The molecule has 82 valence electrons. The first-order valence-electron chi connectivity index (χ1n) is 4.35. The largest absolute Gasteiger partial charge is 0.362 e. The van der Waals surface area contributed by atoms with E-state index in [-0.39, 0.29) is 5.69 Å². The first kappa shape index (κ1) is 10.0. The summed E-state index contributed by atoms with van der Waals surface area (Å²) >= 11 is 0. The van der Waals surface area contributed by atoms with Gasteiger partial charge in [0.15, 0.2) is 5.82 Å². The summed E-state index contributed by atoms with van der Waals surface area (Å²) in [6, 6.07) is 2.65. The van der Waals surface area contributed by atoms with Crippen molar-refractivity contribution in [2.24, 2.45) is 0 Å². The highest BCUT2D eigenvalue weighted by atomic mass is 16.6. The summed E-state index contributed by atoms with van der Waals surface area (Å²) in [5.41, 5.74) is -0.0226. The first-order chi connectivity index (χ1) is 7.75. The van der Waals surface area contributed by atoms with Gasteiger partial charge in [-0.05, 0) is 0 Å². The highest BCUT2D eigenvalue weighted by Gasteiger charge is 2.06. The molecule has 8 nitrogen and oxygen atoms in total. The second kappa shape index (κ2) is 4.34. The smallest absolute Gasteiger partial charge is 0.274 e. The van der Waals surface area contributed by atoms with Crippen molar-refractivity contribution >= 4 is 11.5 Å². The Morgan fingerprint density at radius 3 is 3.06 bits per heavy atom. The van der Waals surface area contributed by atoms with Crippen molar-refractivity contribution in [1.29, 1.82) is 0 Å². The Labute approximate surface area is 89.5 Å². The molecule has 2 heterocycles. The maximum Gasteiger partial charge on any atom is 0.274 e. The van der Waals surface area contributed by atoms with E-state index in [1.807, 2.05) is 0 Å². The van der Waals surface area contributed by atoms with Crippen LogP contribution in [0, 0.1) is 10.1 Å². The van der Waals surface area contributed by atoms with Gasteiger partial charge in [-0.25, -0.2) is 4.98 Å². The molecule has 16 heavy (non-hydrogen) atoms. The van der Waals surface area contributed by atoms with Crippen molar-refractivity contribution < 1.29 is 9.45 Å². The molecule has 0 saturated carbocycles. The molecule has 8 heteroatoms. The molecule has 2 aromatic rings. The fourth-order valence-electron chi connectivity index (χ4n) is 1.07. The molecule has 0 atom stereocenters. The van der Waals surface area contributed by atoms with E-state index >= 15 is 0 Å². The van der Waals surface area contributed by atoms with Gasteiger partial charge in [-0.15, -0.1) is 0 Å². The van der Waals surface area contributed by atoms with E-state index in [0.717, 1.165) is 0 Å². The van der Waals surface area contributed by atoms with Gasteiger partial charge in [-0.1, -0.05) is 5.16 Å². The fourth-order valence-corrected chi connectivity index (χ4v) is 1.07. The van der Waals surface area contributed by atoms with Crippen molar-refractivity contribution in [3.63, 3.8) is 0 Å². The van der Waals surface area contributed by atoms with E-state index in [1.54, 1.807) is 0 Å². The number of nitro groups is 1. The molecule has 0 aromatic carbocycles. The van der Waals surface area contributed by atoms with Crippen molar-refractivity contribution in [1.82, 2.24) is 15.1 Å². The van der Waals surface area contributed by atoms with E-state index in [0.29, 0.717) is 18.2 Å². The lowest BCUT2D eigenvalue weighted by atomic mass is 10.4. The zero-order chi connectivity index (χ0) is 11.4. The van der Waals surface area contributed by atoms with Gasteiger partial charge in [0, 0.05) is 12.3 Å². The van der Waals surface area contributed by atoms with Crippen LogP contribution in [0.5, 0.6) is 0 Å². The zero-order valence-electron chi connectivity index (χ0n) is 8.03. The number of hydrogen-bond acceptors (Lipinski definition) is 7. The summed E-state index contributed by atoms with van der Waals surface area (Å²) in [5, 5.41) is 16.9. The second-order valence-electron chi connectivity index (χ2n) is 2.86. The van der Waals surface area contributed by atoms with Gasteiger partial charge in [0.05, 0.1) is 17.5 Å². The Bertz CT molecular complexity index is 484. The number of nitrogens with one attached hydrogen (secondary N) is 1. The van der Waals surface area contributed by atoms with Crippen molar-refractivity contribution in [3.8, 4) is 0 Å². The predicted molar refractivity (Wildman–Crippen MR) is 52.5 cm³/mol. The van der Waals surface area contributed by atoms with Crippen LogP contribution in [0.4, 0.5) is 11.5 Å². The Morgan fingerprint density at radius 2 is 2.38 bits per heavy atom. The second-order valence-corrected chi connectivity index (χ2v) is 2.86. The molecule has 2 aromatic heterocycles. The third kappa shape index (κ3) is 2.29. The maximum atomic E-state index is 10.5. The van der Waals surface area contributed by atoms with E-state index in [2.05, 4.69) is 25.0 Å². The minimum absolute atomic E-state index is 0.0226. The van der Waals surface area contributed by atoms with Gasteiger partial charge in [-0.3, -0.25) is 10.1 Å². The summed E-state index contributed by atoms with van der Waals surface area (Å²) in [7, 11) is 0. The van der Waals surface area contributed by atoms with Crippen LogP contribution in [-0.2, 0) is 6.54 Å². The lowest BCUT2D eigenvalue weighted by molar-refractivity contribution is -0.384. The van der Waals surface area contributed by atoms with Crippen molar-refractivity contribution in [2.75, 3.05) is 5.32 Å². The molecule has 0 aliphatic carbocycles. The molecule has 2 rings (SSSR count). The monoisotopic (exact) mass is 221 g/mol. The topological polar surface area (TPSA) is 107 Å². The third-order valence-corrected chi connectivity index (χ3v) is 1.79. The van der Waals surface area contributed by atoms with Crippen LogP contribution in [0.2, 0.25) is 0 Å². The van der Waals surface area contributed by atoms with Crippen molar-refractivity contribution in [2.45, 2.75) is 6.54 Å². The van der Waals surface area contributed by atoms with Crippen LogP contribution in [-0.4, -0.2) is 20.0 Å². The molecule has 0 unspecified atom stereocenters. The van der Waals surface area contributed by atoms with Crippen LogP contribution >= 0.6 is 0 Å². The van der Waals surface area contributed by atoms with E-state index in [1.165, 1.54) is 24.7 Å². The molecule has 0 spiro atoms. The minimum atomic E-state index is -0.485. The van der Waals surface area contributed by atoms with Crippen LogP contribution < -0.4 is 5.32 Å². The third-order valence-electron chi connectivity index (χ3n) is 1.79. The number of aromatic nitrogens is 3. The lowest BCUT2D eigenvalue weighted by Crippen LogP contribution is -2.03. The first-order valence-corrected chi connectivity index (χ1v) is 4.35. The van der Waals surface area contributed by atoms with Gasteiger partial charge in [0.2, 0.25) is 6.39 Å². The normalized spacial score (nSPS) is 10.0. The average molecular weight is 221 g/mol. The number of pyridine rings is 1. The fraction of sp³-hybridized carbons (Fsp3) is 0.125. The SMILES string of the molecule is O=[N+]([O-])c1ccnc(NCc2ncon2)c1. The Kier molecular flexibility index (Phi) is 2.72. The van der Waals surface area contributed by atoms with Crippen LogP contribution in [0.1, 0.15) is 5.82 Å². The van der Waals surface area contributed by atoms with E-state index in [9.17, 15) is 10.1 Å². The standard InChI is InChI=1S/C8H7N5O3/c14-13(15)6-1-2-9-7(3-6)10-4-8-11-5-16-12-8/h1-3,5H,4H2,(H,9,10). The molecule has 0 amide bonds. The van der Waals surface area contributed by atoms with Crippen LogP contribution in [0.15, 0.2) is 29.2 Å². The van der Waals surface area contributed by atoms with Gasteiger partial charge >= 0.3 is 0 Å². The molecular formula is C8H7N5O3. The molecule has 0 saturated heterocycles. The Hall–Kier alpha value is -2.51. The summed E-state index contributed by atoms with van der Waals surface area (Å²) in [6.07, 6.45) is 2.56. The summed E-state index contributed by atoms with van der Waals surface area (Å²) in [4.78, 5) is 17.7. The number of rotatable bonds is 4. The highest BCUT2D eigenvalue weighted by Crippen LogP contribution is 2.14. The number of anilines is 1. The van der Waals surface area contributed by atoms with E-state index in [4.69, 9.17) is 0 Å². The number of nitrogens with zero attached hydrogens (tertiary/aromatic N) is 4. The van der Waals surface area contributed by atoms with Gasteiger partial charge in [0.1, 0.15) is 5.82 Å².